The van der Waals surface area contributed by atoms with Gasteiger partial charge in [0.2, 0.25) is 5.91 Å². The first kappa shape index (κ1) is 23.5. The Morgan fingerprint density at radius 2 is 1.82 bits per heavy atom. The minimum Gasteiger partial charge on any atom is -0.481 e. The van der Waals surface area contributed by atoms with Gasteiger partial charge in [-0.3, -0.25) is 9.59 Å². The average Bonchev–Trinajstić information content (AvgIpc) is 2.86. The maximum atomic E-state index is 13.6. The molecule has 2 amide bonds. The molecule has 1 aliphatic heterocycles. The van der Waals surface area contributed by atoms with Crippen LogP contribution in [0.25, 0.3) is 0 Å². The third-order valence-electron chi connectivity index (χ3n) is 6.19. The van der Waals surface area contributed by atoms with E-state index in [4.69, 9.17) is 4.74 Å². The minimum absolute atomic E-state index is 0.0435. The number of nitrogens with zero attached hydrogens (tertiary/aromatic N) is 1. The molecule has 0 unspecified atom stereocenters. The summed E-state index contributed by atoms with van der Waals surface area (Å²) in [4.78, 5) is 27.0. The van der Waals surface area contributed by atoms with Gasteiger partial charge in [0.25, 0.3) is 5.91 Å². The molecule has 1 N–H and O–H groups in total. The highest BCUT2D eigenvalue weighted by atomic mass is 19.1. The predicted molar refractivity (Wildman–Crippen MR) is 129 cm³/mol. The number of rotatable bonds is 7. The van der Waals surface area contributed by atoms with E-state index < -0.39 is 6.10 Å². The first-order valence-corrected chi connectivity index (χ1v) is 11.6. The van der Waals surface area contributed by atoms with Crippen LogP contribution in [0, 0.1) is 5.82 Å². The second kappa shape index (κ2) is 10.5. The van der Waals surface area contributed by atoms with Crippen LogP contribution in [0.2, 0.25) is 0 Å². The van der Waals surface area contributed by atoms with E-state index in [1.165, 1.54) is 12.1 Å². The fourth-order valence-corrected chi connectivity index (χ4v) is 4.40. The van der Waals surface area contributed by atoms with Crippen LogP contribution in [-0.2, 0) is 22.6 Å². The summed E-state index contributed by atoms with van der Waals surface area (Å²) < 4.78 is 19.7. The van der Waals surface area contributed by atoms with Crippen molar-refractivity contribution in [3.63, 3.8) is 0 Å². The molecule has 5 nitrogen and oxygen atoms in total. The van der Waals surface area contributed by atoms with E-state index >= 15 is 0 Å². The molecule has 6 heteroatoms. The number of nitrogens with one attached hydrogen (secondary N) is 1. The molecule has 0 saturated carbocycles. The summed E-state index contributed by atoms with van der Waals surface area (Å²) in [5, 5.41) is 2.94. The predicted octanol–water partition coefficient (Wildman–Crippen LogP) is 4.79. The first-order valence-electron chi connectivity index (χ1n) is 11.6. The van der Waals surface area contributed by atoms with Crippen molar-refractivity contribution in [2.24, 2.45) is 0 Å². The molecule has 0 aliphatic carbocycles. The average molecular weight is 461 g/mol. The molecule has 0 spiro atoms. The normalized spacial score (nSPS) is 15.9. The molecule has 0 radical (unpaired) electrons. The number of carbonyl (C=O) groups excluding carboxylic acids is 2. The van der Waals surface area contributed by atoms with Gasteiger partial charge in [-0.1, -0.05) is 55.5 Å². The fourth-order valence-electron chi connectivity index (χ4n) is 4.40. The van der Waals surface area contributed by atoms with Crippen LogP contribution in [0.4, 0.5) is 4.39 Å². The molecule has 3 aromatic rings. The molecular formula is C28H29FN2O3. The number of amides is 2. The first-order chi connectivity index (χ1) is 16.5. The van der Waals surface area contributed by atoms with Gasteiger partial charge in [0.15, 0.2) is 6.10 Å². The minimum atomic E-state index is -0.640. The number of carbonyl (C=O) groups is 2. The van der Waals surface area contributed by atoms with Crippen molar-refractivity contribution in [2.45, 2.75) is 45.4 Å². The number of ether oxygens (including phenoxy) is 1. The van der Waals surface area contributed by atoms with E-state index in [-0.39, 0.29) is 23.7 Å². The zero-order valence-electron chi connectivity index (χ0n) is 19.5. The van der Waals surface area contributed by atoms with Crippen molar-refractivity contribution >= 4 is 11.8 Å². The molecular weight excluding hydrogens is 431 g/mol. The summed E-state index contributed by atoms with van der Waals surface area (Å²) in [6.45, 7) is 4.48. The number of fused-ring (bicyclic) bond motifs is 1. The van der Waals surface area contributed by atoms with Crippen molar-refractivity contribution in [3.8, 4) is 5.75 Å². The van der Waals surface area contributed by atoms with Gasteiger partial charge in [-0.05, 0) is 59.4 Å². The largest absolute Gasteiger partial charge is 0.481 e. The standard InChI is InChI=1S/C28H29FN2O3/c1-3-26(28(33)30-18-20-7-5-4-6-8-20)34-24-14-11-21-15-16-31(19(2)32)27(25(21)17-24)22-9-12-23(29)13-10-22/h4-14,17,26-27H,3,15-16,18H2,1-2H3,(H,30,33)/t26-,27+/m1/s1. The summed E-state index contributed by atoms with van der Waals surface area (Å²) >= 11 is 0. The quantitative estimate of drug-likeness (QED) is 0.551. The number of hydrogen-bond donors (Lipinski definition) is 1. The number of benzene rings is 3. The molecule has 1 aliphatic rings. The summed E-state index contributed by atoms with van der Waals surface area (Å²) in [5.74, 6) is 0.0269. The third-order valence-corrected chi connectivity index (χ3v) is 6.19. The fraction of sp³-hybridized carbons (Fsp3) is 0.286. The Kier molecular flexibility index (Phi) is 7.26. The highest BCUT2D eigenvalue weighted by Crippen LogP contribution is 2.37. The Hall–Kier alpha value is -3.67. The Labute approximate surface area is 199 Å². The second-order valence-corrected chi connectivity index (χ2v) is 8.50. The highest BCUT2D eigenvalue weighted by Gasteiger charge is 2.31. The number of hydrogen-bond acceptors (Lipinski definition) is 3. The lowest BCUT2D eigenvalue weighted by Crippen LogP contribution is -2.39. The molecule has 1 heterocycles. The van der Waals surface area contributed by atoms with Crippen molar-refractivity contribution in [3.05, 3.63) is 101 Å². The van der Waals surface area contributed by atoms with E-state index in [9.17, 15) is 14.0 Å². The lowest BCUT2D eigenvalue weighted by molar-refractivity contribution is -0.131. The molecule has 0 bridgehead atoms. The van der Waals surface area contributed by atoms with Gasteiger partial charge in [0.05, 0.1) is 6.04 Å². The van der Waals surface area contributed by atoms with E-state index in [0.29, 0.717) is 25.3 Å². The van der Waals surface area contributed by atoms with Crippen molar-refractivity contribution in [1.29, 1.82) is 0 Å². The maximum absolute atomic E-state index is 13.6. The summed E-state index contributed by atoms with van der Waals surface area (Å²) in [6.07, 6.45) is 0.596. The van der Waals surface area contributed by atoms with Gasteiger partial charge < -0.3 is 15.0 Å². The maximum Gasteiger partial charge on any atom is 0.261 e. The van der Waals surface area contributed by atoms with Gasteiger partial charge in [0, 0.05) is 20.0 Å². The van der Waals surface area contributed by atoms with Crippen molar-refractivity contribution in [2.75, 3.05) is 6.54 Å². The van der Waals surface area contributed by atoms with Gasteiger partial charge >= 0.3 is 0 Å². The lowest BCUT2D eigenvalue weighted by atomic mass is 9.88. The molecule has 0 aromatic heterocycles. The van der Waals surface area contributed by atoms with Crippen LogP contribution in [0.1, 0.15) is 48.6 Å². The molecule has 0 saturated heterocycles. The van der Waals surface area contributed by atoms with Crippen LogP contribution < -0.4 is 10.1 Å². The van der Waals surface area contributed by atoms with Crippen molar-refractivity contribution in [1.82, 2.24) is 10.2 Å². The van der Waals surface area contributed by atoms with Crippen LogP contribution in [0.15, 0.2) is 72.8 Å². The lowest BCUT2D eigenvalue weighted by Gasteiger charge is -2.37. The van der Waals surface area contributed by atoms with Crippen LogP contribution in [0.5, 0.6) is 5.75 Å². The molecule has 34 heavy (non-hydrogen) atoms. The Morgan fingerprint density at radius 3 is 2.50 bits per heavy atom. The molecule has 2 atom stereocenters. The molecule has 4 rings (SSSR count). The molecule has 3 aromatic carbocycles. The zero-order valence-corrected chi connectivity index (χ0v) is 19.5. The Balaban J connectivity index is 1.56. The monoisotopic (exact) mass is 460 g/mol. The number of halogens is 1. The Morgan fingerprint density at radius 1 is 1.09 bits per heavy atom. The SMILES string of the molecule is CC[C@@H](Oc1ccc2c(c1)[C@H](c1ccc(F)cc1)N(C(C)=O)CC2)C(=O)NCc1ccccc1. The summed E-state index contributed by atoms with van der Waals surface area (Å²) in [6, 6.07) is 21.4. The van der Waals surface area contributed by atoms with Gasteiger partial charge in [0.1, 0.15) is 11.6 Å². The third kappa shape index (κ3) is 5.28. The topological polar surface area (TPSA) is 58.6 Å². The van der Waals surface area contributed by atoms with E-state index in [2.05, 4.69) is 5.32 Å². The molecule has 176 valence electrons. The Bertz CT molecular complexity index is 1150. The van der Waals surface area contributed by atoms with Gasteiger partial charge in [-0.15, -0.1) is 0 Å². The van der Waals surface area contributed by atoms with Gasteiger partial charge in [-0.2, -0.15) is 0 Å². The van der Waals surface area contributed by atoms with Crippen molar-refractivity contribution < 1.29 is 18.7 Å². The van der Waals surface area contributed by atoms with Crippen LogP contribution >= 0.6 is 0 Å². The van der Waals surface area contributed by atoms with Crippen LogP contribution in [0.3, 0.4) is 0 Å². The second-order valence-electron chi connectivity index (χ2n) is 8.50. The van der Waals surface area contributed by atoms with Crippen LogP contribution in [-0.4, -0.2) is 29.4 Å². The van der Waals surface area contributed by atoms with Gasteiger partial charge in [-0.25, -0.2) is 4.39 Å². The highest BCUT2D eigenvalue weighted by molar-refractivity contribution is 5.81. The smallest absolute Gasteiger partial charge is 0.261 e. The van der Waals surface area contributed by atoms with E-state index in [1.54, 1.807) is 24.0 Å². The summed E-state index contributed by atoms with van der Waals surface area (Å²) in [5.41, 5.74) is 3.90. The zero-order chi connectivity index (χ0) is 24.1. The molecule has 0 fully saturated rings. The summed E-state index contributed by atoms with van der Waals surface area (Å²) in [7, 11) is 0. The van der Waals surface area contributed by atoms with E-state index in [1.807, 2.05) is 55.5 Å². The van der Waals surface area contributed by atoms with E-state index in [0.717, 1.165) is 28.7 Å².